The van der Waals surface area contributed by atoms with Crippen LogP contribution >= 0.6 is 22.6 Å². The Bertz CT molecular complexity index is 369. The van der Waals surface area contributed by atoms with Crippen LogP contribution in [0.15, 0.2) is 24.3 Å². The van der Waals surface area contributed by atoms with E-state index in [0.717, 1.165) is 12.6 Å². The zero-order valence-electron chi connectivity index (χ0n) is 11.8. The van der Waals surface area contributed by atoms with Crippen molar-refractivity contribution in [2.24, 2.45) is 5.73 Å². The van der Waals surface area contributed by atoms with E-state index in [-0.39, 0.29) is 0 Å². The lowest BCUT2D eigenvalue weighted by molar-refractivity contribution is 0.142. The largest absolute Gasteiger partial charge is 0.328 e. The van der Waals surface area contributed by atoms with Crippen LogP contribution in [-0.2, 0) is 6.54 Å². The molecule has 1 aromatic rings. The van der Waals surface area contributed by atoms with Gasteiger partial charge in [0.15, 0.2) is 0 Å². The zero-order valence-corrected chi connectivity index (χ0v) is 14.0. The Labute approximate surface area is 130 Å². The van der Waals surface area contributed by atoms with E-state index in [1.165, 1.54) is 47.8 Å². The number of rotatable bonds is 5. The average Bonchev–Trinajstić information content (AvgIpc) is 2.42. The monoisotopic (exact) mass is 372 g/mol. The molecule has 1 aromatic carbocycles. The molecule has 1 fully saturated rings. The lowest BCUT2D eigenvalue weighted by atomic mass is 9.90. The highest BCUT2D eigenvalue weighted by atomic mass is 127. The molecule has 0 saturated heterocycles. The summed E-state index contributed by atoms with van der Waals surface area (Å²) in [5.41, 5.74) is 7.45. The fraction of sp³-hybridized carbons (Fsp3) is 0.625. The summed E-state index contributed by atoms with van der Waals surface area (Å²) in [7, 11) is 0. The van der Waals surface area contributed by atoms with Crippen LogP contribution in [0.3, 0.4) is 0 Å². The molecule has 0 aliphatic heterocycles. The molecular weight excluding hydrogens is 347 g/mol. The second kappa shape index (κ2) is 7.60. The second-order valence-corrected chi connectivity index (χ2v) is 6.91. The minimum Gasteiger partial charge on any atom is -0.328 e. The van der Waals surface area contributed by atoms with E-state index < -0.39 is 0 Å². The Morgan fingerprint density at radius 1 is 1.16 bits per heavy atom. The van der Waals surface area contributed by atoms with Gasteiger partial charge in [-0.05, 0) is 78.9 Å². The molecule has 0 radical (unpaired) electrons. The molecule has 0 atom stereocenters. The van der Waals surface area contributed by atoms with Gasteiger partial charge in [0, 0.05) is 22.2 Å². The van der Waals surface area contributed by atoms with Crippen LogP contribution in [0.25, 0.3) is 0 Å². The molecule has 1 aliphatic rings. The van der Waals surface area contributed by atoms with Gasteiger partial charge in [-0.2, -0.15) is 0 Å². The van der Waals surface area contributed by atoms with Crippen molar-refractivity contribution in [2.75, 3.05) is 6.54 Å². The maximum Gasteiger partial charge on any atom is 0.0236 e. The Kier molecular flexibility index (Phi) is 6.10. The summed E-state index contributed by atoms with van der Waals surface area (Å²) in [6.45, 7) is 4.56. The molecule has 106 valence electrons. The van der Waals surface area contributed by atoms with Gasteiger partial charge in [-0.15, -0.1) is 0 Å². The molecule has 3 heteroatoms. The Morgan fingerprint density at radius 2 is 1.79 bits per heavy atom. The van der Waals surface area contributed by atoms with Gasteiger partial charge in [-0.3, -0.25) is 4.90 Å². The summed E-state index contributed by atoms with van der Waals surface area (Å²) in [5.74, 6) is 0. The number of hydrogen-bond donors (Lipinski definition) is 1. The molecule has 0 heterocycles. The number of hydrogen-bond acceptors (Lipinski definition) is 2. The summed E-state index contributed by atoms with van der Waals surface area (Å²) in [5, 5.41) is 0. The van der Waals surface area contributed by atoms with Gasteiger partial charge in [-0.25, -0.2) is 0 Å². The van der Waals surface area contributed by atoms with Crippen LogP contribution < -0.4 is 5.73 Å². The molecule has 2 nitrogen and oxygen atoms in total. The fourth-order valence-electron chi connectivity index (χ4n) is 2.97. The van der Waals surface area contributed by atoms with E-state index in [2.05, 4.69) is 58.7 Å². The maximum absolute atomic E-state index is 6.02. The van der Waals surface area contributed by atoms with Gasteiger partial charge < -0.3 is 5.73 Å². The second-order valence-electron chi connectivity index (χ2n) is 5.67. The first-order chi connectivity index (χ1) is 9.19. The van der Waals surface area contributed by atoms with Crippen molar-refractivity contribution < 1.29 is 0 Å². The standard InChI is InChI=1S/C16H25IN2/c1-2-11-19(16-9-7-15(18)8-10-16)12-13-3-5-14(17)6-4-13/h3-6,15-16H,2,7-12,18H2,1H3. The quantitative estimate of drug-likeness (QED) is 0.798. The fourth-order valence-corrected chi connectivity index (χ4v) is 3.33. The van der Waals surface area contributed by atoms with Gasteiger partial charge in [-0.1, -0.05) is 19.1 Å². The van der Waals surface area contributed by atoms with Crippen molar-refractivity contribution in [1.29, 1.82) is 0 Å². The number of halogens is 1. The molecular formula is C16H25IN2. The highest BCUT2D eigenvalue weighted by Gasteiger charge is 2.23. The molecule has 2 N–H and O–H groups in total. The smallest absolute Gasteiger partial charge is 0.0236 e. The third kappa shape index (κ3) is 4.72. The van der Waals surface area contributed by atoms with E-state index in [9.17, 15) is 0 Å². The van der Waals surface area contributed by atoms with E-state index in [4.69, 9.17) is 5.73 Å². The van der Waals surface area contributed by atoms with Crippen LogP contribution in [0.5, 0.6) is 0 Å². The summed E-state index contributed by atoms with van der Waals surface area (Å²) in [6, 6.07) is 10.1. The van der Waals surface area contributed by atoms with Crippen molar-refractivity contribution in [3.05, 3.63) is 33.4 Å². The lowest BCUT2D eigenvalue weighted by Gasteiger charge is -2.36. The van der Waals surface area contributed by atoms with Gasteiger partial charge in [0.25, 0.3) is 0 Å². The molecule has 2 rings (SSSR count). The first kappa shape index (κ1) is 15.3. The Hall–Kier alpha value is -0.130. The first-order valence-electron chi connectivity index (χ1n) is 7.43. The van der Waals surface area contributed by atoms with Crippen LogP contribution in [-0.4, -0.2) is 23.5 Å². The minimum atomic E-state index is 0.443. The van der Waals surface area contributed by atoms with Gasteiger partial charge >= 0.3 is 0 Å². The molecule has 0 aromatic heterocycles. The molecule has 1 saturated carbocycles. The van der Waals surface area contributed by atoms with E-state index >= 15 is 0 Å². The Morgan fingerprint density at radius 3 is 2.37 bits per heavy atom. The summed E-state index contributed by atoms with van der Waals surface area (Å²) in [4.78, 5) is 2.66. The van der Waals surface area contributed by atoms with Crippen molar-refractivity contribution in [3.63, 3.8) is 0 Å². The van der Waals surface area contributed by atoms with Gasteiger partial charge in [0.2, 0.25) is 0 Å². The number of nitrogens with two attached hydrogens (primary N) is 1. The molecule has 0 bridgehead atoms. The number of benzene rings is 1. The summed E-state index contributed by atoms with van der Waals surface area (Å²) < 4.78 is 1.31. The molecule has 0 spiro atoms. The van der Waals surface area contributed by atoms with Crippen LogP contribution in [0.4, 0.5) is 0 Å². The highest BCUT2D eigenvalue weighted by molar-refractivity contribution is 14.1. The van der Waals surface area contributed by atoms with Crippen molar-refractivity contribution in [3.8, 4) is 0 Å². The molecule has 19 heavy (non-hydrogen) atoms. The predicted octanol–water partition coefficient (Wildman–Crippen LogP) is 3.77. The van der Waals surface area contributed by atoms with E-state index in [0.29, 0.717) is 6.04 Å². The molecule has 1 aliphatic carbocycles. The van der Waals surface area contributed by atoms with Crippen molar-refractivity contribution in [1.82, 2.24) is 4.90 Å². The van der Waals surface area contributed by atoms with E-state index in [1.807, 2.05) is 0 Å². The summed E-state index contributed by atoms with van der Waals surface area (Å²) >= 11 is 2.36. The molecule has 0 unspecified atom stereocenters. The third-order valence-electron chi connectivity index (χ3n) is 4.07. The maximum atomic E-state index is 6.02. The molecule has 0 amide bonds. The first-order valence-corrected chi connectivity index (χ1v) is 8.51. The van der Waals surface area contributed by atoms with E-state index in [1.54, 1.807) is 0 Å². The van der Waals surface area contributed by atoms with Crippen LogP contribution in [0, 0.1) is 3.57 Å². The lowest BCUT2D eigenvalue weighted by Crippen LogP contribution is -2.40. The predicted molar refractivity (Wildman–Crippen MR) is 90.1 cm³/mol. The highest BCUT2D eigenvalue weighted by Crippen LogP contribution is 2.24. The summed E-state index contributed by atoms with van der Waals surface area (Å²) in [6.07, 6.45) is 6.15. The van der Waals surface area contributed by atoms with Gasteiger partial charge in [0.05, 0.1) is 0 Å². The normalized spacial score (nSPS) is 23.8. The minimum absolute atomic E-state index is 0.443. The van der Waals surface area contributed by atoms with Crippen molar-refractivity contribution in [2.45, 2.75) is 57.7 Å². The Balaban J connectivity index is 1.97. The topological polar surface area (TPSA) is 29.3 Å². The average molecular weight is 372 g/mol. The van der Waals surface area contributed by atoms with Gasteiger partial charge in [0.1, 0.15) is 0 Å². The van der Waals surface area contributed by atoms with Crippen LogP contribution in [0.1, 0.15) is 44.6 Å². The zero-order chi connectivity index (χ0) is 13.7. The number of nitrogens with zero attached hydrogens (tertiary/aromatic N) is 1. The van der Waals surface area contributed by atoms with Crippen molar-refractivity contribution >= 4 is 22.6 Å². The SMILES string of the molecule is CCCN(Cc1ccc(I)cc1)C1CCC(N)CC1. The third-order valence-corrected chi connectivity index (χ3v) is 4.79. The van der Waals surface area contributed by atoms with Crippen LogP contribution in [0.2, 0.25) is 0 Å².